The summed E-state index contributed by atoms with van der Waals surface area (Å²) in [6.45, 7) is 1.48. The van der Waals surface area contributed by atoms with Crippen LogP contribution >= 0.6 is 0 Å². The number of benzene rings is 2. The minimum absolute atomic E-state index is 0.0833. The van der Waals surface area contributed by atoms with E-state index in [1.165, 1.54) is 18.2 Å². The molecule has 3 amide bonds. The second kappa shape index (κ2) is 12.3. The van der Waals surface area contributed by atoms with Crippen LogP contribution in [0.2, 0.25) is 0 Å². The number of urea groups is 1. The second-order valence-electron chi connectivity index (χ2n) is 7.09. The van der Waals surface area contributed by atoms with E-state index in [2.05, 4.69) is 10.6 Å². The predicted octanol–water partition coefficient (Wildman–Crippen LogP) is 4.11. The molecule has 13 heteroatoms. The number of alkyl halides is 3. The Morgan fingerprint density at radius 1 is 1.09 bits per heavy atom. The van der Waals surface area contributed by atoms with Crippen molar-refractivity contribution >= 4 is 35.0 Å². The number of nitrogens with zero attached hydrogens (tertiary/aromatic N) is 2. The summed E-state index contributed by atoms with van der Waals surface area (Å²) in [5.41, 5.74) is -1.08. The lowest BCUT2D eigenvalue weighted by molar-refractivity contribution is -0.384. The van der Waals surface area contributed by atoms with Gasteiger partial charge in [0.1, 0.15) is 0 Å². The van der Waals surface area contributed by atoms with Gasteiger partial charge in [0.25, 0.3) is 5.69 Å². The molecule has 0 unspecified atom stereocenters. The number of hydrogen-bond donors (Lipinski definition) is 2. The van der Waals surface area contributed by atoms with E-state index in [-0.39, 0.29) is 49.6 Å². The molecule has 0 aromatic heterocycles. The number of non-ortho nitro benzene ring substituents is 1. The lowest BCUT2D eigenvalue weighted by Gasteiger charge is -2.24. The average molecular weight is 496 g/mol. The number of carbonyl (C=O) groups excluding carboxylic acids is 3. The number of ether oxygens (including phenoxy) is 1. The van der Waals surface area contributed by atoms with E-state index < -0.39 is 34.6 Å². The fourth-order valence-corrected chi connectivity index (χ4v) is 2.90. The minimum atomic E-state index is -4.64. The SMILES string of the molecule is CCOC(=O)CCC(=O)NCCN(C(=O)Nc1ccc([N+](=O)[O-])cc1)c1cccc(C(F)(F)F)c1. The maximum absolute atomic E-state index is 13.2. The van der Waals surface area contributed by atoms with Crippen molar-refractivity contribution in [1.82, 2.24) is 5.32 Å². The highest BCUT2D eigenvalue weighted by Crippen LogP contribution is 2.31. The van der Waals surface area contributed by atoms with Gasteiger partial charge in [-0.05, 0) is 37.3 Å². The molecule has 0 atom stereocenters. The number of anilines is 2. The molecule has 10 nitrogen and oxygen atoms in total. The van der Waals surface area contributed by atoms with Crippen LogP contribution < -0.4 is 15.5 Å². The maximum Gasteiger partial charge on any atom is 0.416 e. The van der Waals surface area contributed by atoms with Gasteiger partial charge in [0, 0.05) is 43.0 Å². The third-order valence-electron chi connectivity index (χ3n) is 4.58. The van der Waals surface area contributed by atoms with Crippen LogP contribution in [0.3, 0.4) is 0 Å². The zero-order chi connectivity index (χ0) is 26.0. The van der Waals surface area contributed by atoms with Crippen molar-refractivity contribution in [3.8, 4) is 0 Å². The van der Waals surface area contributed by atoms with Crippen LogP contribution in [0.25, 0.3) is 0 Å². The Bertz CT molecular complexity index is 1060. The molecule has 2 rings (SSSR count). The fraction of sp³-hybridized carbons (Fsp3) is 0.318. The van der Waals surface area contributed by atoms with Crippen molar-refractivity contribution in [3.63, 3.8) is 0 Å². The van der Waals surface area contributed by atoms with Crippen LogP contribution in [0.1, 0.15) is 25.3 Å². The van der Waals surface area contributed by atoms with E-state index in [4.69, 9.17) is 4.74 Å². The van der Waals surface area contributed by atoms with Gasteiger partial charge in [0.15, 0.2) is 0 Å². The molecule has 0 bridgehead atoms. The lowest BCUT2D eigenvalue weighted by atomic mass is 10.2. The summed E-state index contributed by atoms with van der Waals surface area (Å²) in [4.78, 5) is 47.4. The largest absolute Gasteiger partial charge is 0.466 e. The smallest absolute Gasteiger partial charge is 0.416 e. The first-order chi connectivity index (χ1) is 16.5. The Labute approximate surface area is 198 Å². The van der Waals surface area contributed by atoms with E-state index in [1.54, 1.807) is 6.92 Å². The molecule has 0 saturated carbocycles. The molecule has 0 radical (unpaired) electrons. The standard InChI is InChI=1S/C22H23F3N4O6/c1-2-35-20(31)11-10-19(30)26-12-13-28(18-5-3-4-15(14-18)22(23,24)25)21(32)27-16-6-8-17(9-7-16)29(33)34/h3-9,14H,2,10-13H2,1H3,(H,26,30)(H,27,32). The van der Waals surface area contributed by atoms with Crippen LogP contribution in [0.4, 0.5) is 35.0 Å². The van der Waals surface area contributed by atoms with Crippen molar-refractivity contribution in [2.24, 2.45) is 0 Å². The van der Waals surface area contributed by atoms with E-state index in [0.717, 1.165) is 35.2 Å². The van der Waals surface area contributed by atoms with Gasteiger partial charge < -0.3 is 15.4 Å². The number of nitrogens with one attached hydrogen (secondary N) is 2. The van der Waals surface area contributed by atoms with Crippen LogP contribution in [-0.4, -0.2) is 42.5 Å². The maximum atomic E-state index is 13.2. The van der Waals surface area contributed by atoms with Crippen LogP contribution in [-0.2, 0) is 20.5 Å². The fourth-order valence-electron chi connectivity index (χ4n) is 2.90. The van der Waals surface area contributed by atoms with Crippen molar-refractivity contribution < 1.29 is 37.2 Å². The summed E-state index contributed by atoms with van der Waals surface area (Å²) in [6.07, 6.45) is -4.94. The van der Waals surface area contributed by atoms with Gasteiger partial charge in [0.2, 0.25) is 5.91 Å². The van der Waals surface area contributed by atoms with E-state index in [1.807, 2.05) is 0 Å². The third kappa shape index (κ3) is 8.61. The van der Waals surface area contributed by atoms with Crippen LogP contribution in [0, 0.1) is 10.1 Å². The van der Waals surface area contributed by atoms with Gasteiger partial charge in [-0.25, -0.2) is 4.79 Å². The summed E-state index contributed by atoms with van der Waals surface area (Å²) >= 11 is 0. The lowest BCUT2D eigenvalue weighted by Crippen LogP contribution is -2.41. The van der Waals surface area contributed by atoms with Crippen molar-refractivity contribution in [2.45, 2.75) is 25.9 Å². The van der Waals surface area contributed by atoms with Gasteiger partial charge in [-0.1, -0.05) is 6.07 Å². The molecule has 0 aliphatic rings. The number of amides is 3. The van der Waals surface area contributed by atoms with Gasteiger partial charge in [0.05, 0.1) is 23.5 Å². The number of nitro groups is 1. The Balaban J connectivity index is 2.13. The Kier molecular flexibility index (Phi) is 9.55. The Morgan fingerprint density at radius 2 is 1.77 bits per heavy atom. The van der Waals surface area contributed by atoms with E-state index >= 15 is 0 Å². The first-order valence-corrected chi connectivity index (χ1v) is 10.4. The highest BCUT2D eigenvalue weighted by Gasteiger charge is 2.31. The van der Waals surface area contributed by atoms with Gasteiger partial charge >= 0.3 is 18.2 Å². The normalized spacial score (nSPS) is 10.9. The monoisotopic (exact) mass is 496 g/mol. The number of nitro benzene ring substituents is 1. The van der Waals surface area contributed by atoms with Crippen molar-refractivity contribution in [1.29, 1.82) is 0 Å². The molecule has 188 valence electrons. The first kappa shape index (κ1) is 27.1. The molecular weight excluding hydrogens is 473 g/mol. The average Bonchev–Trinajstić information content (AvgIpc) is 2.80. The predicted molar refractivity (Wildman–Crippen MR) is 120 cm³/mol. The van der Waals surface area contributed by atoms with Crippen molar-refractivity contribution in [2.75, 3.05) is 29.9 Å². The zero-order valence-corrected chi connectivity index (χ0v) is 18.6. The topological polar surface area (TPSA) is 131 Å². The summed E-state index contributed by atoms with van der Waals surface area (Å²) in [7, 11) is 0. The number of hydrogen-bond acceptors (Lipinski definition) is 6. The summed E-state index contributed by atoms with van der Waals surface area (Å²) in [5.74, 6) is -1.05. The number of esters is 1. The summed E-state index contributed by atoms with van der Waals surface area (Å²) in [5, 5.41) is 15.8. The Hall–Kier alpha value is -4.16. The number of rotatable bonds is 10. The summed E-state index contributed by atoms with van der Waals surface area (Å²) < 4.78 is 44.3. The Morgan fingerprint density at radius 3 is 2.37 bits per heavy atom. The molecule has 0 spiro atoms. The molecular formula is C22H23F3N4O6. The first-order valence-electron chi connectivity index (χ1n) is 10.4. The molecule has 0 heterocycles. The molecule has 2 aromatic rings. The quantitative estimate of drug-likeness (QED) is 0.289. The zero-order valence-electron chi connectivity index (χ0n) is 18.6. The van der Waals surface area contributed by atoms with Gasteiger partial charge in [-0.3, -0.25) is 24.6 Å². The molecule has 2 aromatic carbocycles. The summed E-state index contributed by atoms with van der Waals surface area (Å²) in [6, 6.07) is 8.14. The van der Waals surface area contributed by atoms with Gasteiger partial charge in [-0.2, -0.15) is 13.2 Å². The molecule has 0 fully saturated rings. The molecule has 0 saturated heterocycles. The molecule has 35 heavy (non-hydrogen) atoms. The van der Waals surface area contributed by atoms with E-state index in [0.29, 0.717) is 0 Å². The molecule has 0 aliphatic heterocycles. The number of halogens is 3. The van der Waals surface area contributed by atoms with Crippen LogP contribution in [0.15, 0.2) is 48.5 Å². The minimum Gasteiger partial charge on any atom is -0.466 e. The third-order valence-corrected chi connectivity index (χ3v) is 4.58. The molecule has 0 aliphatic carbocycles. The van der Waals surface area contributed by atoms with Crippen molar-refractivity contribution in [3.05, 3.63) is 64.2 Å². The highest BCUT2D eigenvalue weighted by atomic mass is 19.4. The second-order valence-corrected chi connectivity index (χ2v) is 7.09. The van der Waals surface area contributed by atoms with Crippen LogP contribution in [0.5, 0.6) is 0 Å². The molecule has 2 N–H and O–H groups in total. The van der Waals surface area contributed by atoms with E-state index in [9.17, 15) is 37.7 Å². The van der Waals surface area contributed by atoms with Gasteiger partial charge in [-0.15, -0.1) is 0 Å². The number of carbonyl (C=O) groups is 3. The highest BCUT2D eigenvalue weighted by molar-refractivity contribution is 6.01.